The average Bonchev–Trinajstić information content (AvgIpc) is 2.95. The Bertz CT molecular complexity index is 475. The number of hydrogen-bond acceptors (Lipinski definition) is 5. The highest BCUT2D eigenvalue weighted by Gasteiger charge is 2.07. The second kappa shape index (κ2) is 5.97. The van der Waals surface area contributed by atoms with Crippen LogP contribution in [0.2, 0.25) is 0 Å². The number of aromatic nitrogens is 3. The van der Waals surface area contributed by atoms with Crippen LogP contribution in [0.15, 0.2) is 17.1 Å². The minimum atomic E-state index is 0.835. The van der Waals surface area contributed by atoms with E-state index in [0.29, 0.717) is 0 Å². The second-order valence-corrected chi connectivity index (χ2v) is 5.13. The molecule has 0 aromatic carbocycles. The summed E-state index contributed by atoms with van der Waals surface area (Å²) in [5.41, 5.74) is 4.23. The first-order valence-electron chi connectivity index (χ1n) is 5.94. The van der Waals surface area contributed by atoms with Crippen molar-refractivity contribution >= 4 is 17.3 Å². The lowest BCUT2D eigenvalue weighted by molar-refractivity contribution is 0.648. The third kappa shape index (κ3) is 3.08. The number of thiazole rings is 1. The predicted molar refractivity (Wildman–Crippen MR) is 75.1 cm³/mol. The highest BCUT2D eigenvalue weighted by Crippen LogP contribution is 2.10. The molecule has 0 saturated carbocycles. The van der Waals surface area contributed by atoms with Gasteiger partial charge in [0.2, 0.25) is 5.95 Å². The van der Waals surface area contributed by atoms with Gasteiger partial charge in [-0.25, -0.2) is 9.97 Å². The zero-order valence-corrected chi connectivity index (χ0v) is 11.9. The SMILES string of the molecule is CN(C)c1ncc(CNCCc2cscn2)n1C. The van der Waals surface area contributed by atoms with E-state index in [4.69, 9.17) is 0 Å². The van der Waals surface area contributed by atoms with E-state index in [9.17, 15) is 0 Å². The molecular formula is C12H19N5S. The number of nitrogens with one attached hydrogen (secondary N) is 1. The molecule has 0 aliphatic rings. The van der Waals surface area contributed by atoms with E-state index < -0.39 is 0 Å². The molecular weight excluding hydrogens is 246 g/mol. The first kappa shape index (κ1) is 13.0. The van der Waals surface area contributed by atoms with Crippen LogP contribution in [0.3, 0.4) is 0 Å². The van der Waals surface area contributed by atoms with Gasteiger partial charge in [-0.05, 0) is 0 Å². The lowest BCUT2D eigenvalue weighted by atomic mass is 10.3. The molecule has 6 heteroatoms. The molecule has 0 aliphatic carbocycles. The number of nitrogens with zero attached hydrogens (tertiary/aromatic N) is 4. The highest BCUT2D eigenvalue weighted by molar-refractivity contribution is 7.07. The lowest BCUT2D eigenvalue weighted by Crippen LogP contribution is -2.20. The van der Waals surface area contributed by atoms with Crippen molar-refractivity contribution in [3.05, 3.63) is 28.5 Å². The van der Waals surface area contributed by atoms with Gasteiger partial charge in [0.15, 0.2) is 0 Å². The molecule has 0 spiro atoms. The summed E-state index contributed by atoms with van der Waals surface area (Å²) in [5, 5.41) is 5.51. The maximum absolute atomic E-state index is 4.38. The van der Waals surface area contributed by atoms with Gasteiger partial charge in [0, 0.05) is 46.0 Å². The fourth-order valence-electron chi connectivity index (χ4n) is 1.81. The number of imidazole rings is 1. The minimum absolute atomic E-state index is 0.835. The summed E-state index contributed by atoms with van der Waals surface area (Å²) in [4.78, 5) is 10.7. The van der Waals surface area contributed by atoms with Crippen LogP contribution >= 0.6 is 11.3 Å². The predicted octanol–water partition coefficient (Wildman–Crippen LogP) is 1.27. The van der Waals surface area contributed by atoms with Gasteiger partial charge in [-0.1, -0.05) is 0 Å². The molecule has 2 heterocycles. The third-order valence-electron chi connectivity index (χ3n) is 2.81. The molecule has 0 atom stereocenters. The monoisotopic (exact) mass is 265 g/mol. The van der Waals surface area contributed by atoms with Gasteiger partial charge in [-0.2, -0.15) is 0 Å². The average molecular weight is 265 g/mol. The topological polar surface area (TPSA) is 46.0 Å². The first-order valence-corrected chi connectivity index (χ1v) is 6.88. The van der Waals surface area contributed by atoms with Crippen LogP contribution in [-0.2, 0) is 20.0 Å². The Morgan fingerprint density at radius 3 is 2.83 bits per heavy atom. The standard InChI is InChI=1S/C12H19N5S/c1-16(2)12-14-7-11(17(12)3)6-13-5-4-10-8-18-9-15-10/h7-9,13H,4-6H2,1-3H3. The quantitative estimate of drug-likeness (QED) is 0.799. The van der Waals surface area contributed by atoms with Crippen LogP contribution in [0.1, 0.15) is 11.4 Å². The summed E-state index contributed by atoms with van der Waals surface area (Å²) in [6.45, 7) is 1.77. The zero-order chi connectivity index (χ0) is 13.0. The Hall–Kier alpha value is -1.40. The number of anilines is 1. The number of hydrogen-bond donors (Lipinski definition) is 1. The Labute approximate surface area is 111 Å². The van der Waals surface area contributed by atoms with E-state index in [-0.39, 0.29) is 0 Å². The third-order valence-corrected chi connectivity index (χ3v) is 3.44. The van der Waals surface area contributed by atoms with Crippen molar-refractivity contribution in [3.63, 3.8) is 0 Å². The maximum atomic E-state index is 4.38. The van der Waals surface area contributed by atoms with E-state index >= 15 is 0 Å². The molecule has 0 fully saturated rings. The minimum Gasteiger partial charge on any atom is -0.348 e. The van der Waals surface area contributed by atoms with Crippen molar-refractivity contribution < 1.29 is 0 Å². The van der Waals surface area contributed by atoms with Gasteiger partial charge in [-0.15, -0.1) is 11.3 Å². The number of rotatable bonds is 6. The molecule has 18 heavy (non-hydrogen) atoms. The second-order valence-electron chi connectivity index (χ2n) is 4.41. The maximum Gasteiger partial charge on any atom is 0.204 e. The molecule has 0 saturated heterocycles. The van der Waals surface area contributed by atoms with Crippen LogP contribution in [-0.4, -0.2) is 35.2 Å². The van der Waals surface area contributed by atoms with Crippen LogP contribution in [0.5, 0.6) is 0 Å². The van der Waals surface area contributed by atoms with Crippen LogP contribution in [0.4, 0.5) is 5.95 Å². The lowest BCUT2D eigenvalue weighted by Gasteiger charge is -2.12. The van der Waals surface area contributed by atoms with Crippen LogP contribution in [0, 0.1) is 0 Å². The molecule has 1 N–H and O–H groups in total. The van der Waals surface area contributed by atoms with Gasteiger partial charge in [0.25, 0.3) is 0 Å². The van der Waals surface area contributed by atoms with Gasteiger partial charge in [-0.3, -0.25) is 0 Å². The smallest absolute Gasteiger partial charge is 0.204 e. The summed E-state index contributed by atoms with van der Waals surface area (Å²) < 4.78 is 2.11. The van der Waals surface area contributed by atoms with Crippen LogP contribution < -0.4 is 10.2 Å². The fraction of sp³-hybridized carbons (Fsp3) is 0.500. The molecule has 0 amide bonds. The van der Waals surface area contributed by atoms with Crippen molar-refractivity contribution in [1.29, 1.82) is 0 Å². The molecule has 0 aliphatic heterocycles. The van der Waals surface area contributed by atoms with Gasteiger partial charge in [0.05, 0.1) is 23.1 Å². The highest BCUT2D eigenvalue weighted by atomic mass is 32.1. The van der Waals surface area contributed by atoms with E-state index in [1.54, 1.807) is 11.3 Å². The largest absolute Gasteiger partial charge is 0.348 e. The Morgan fingerprint density at radius 1 is 1.39 bits per heavy atom. The molecule has 98 valence electrons. The van der Waals surface area contributed by atoms with E-state index in [1.807, 2.05) is 37.8 Å². The molecule has 0 bridgehead atoms. The van der Waals surface area contributed by atoms with Crippen molar-refractivity contribution in [3.8, 4) is 0 Å². The summed E-state index contributed by atoms with van der Waals surface area (Å²) in [6.07, 6.45) is 2.90. The molecule has 2 aromatic heterocycles. The van der Waals surface area contributed by atoms with Crippen molar-refractivity contribution in [1.82, 2.24) is 19.9 Å². The summed E-state index contributed by atoms with van der Waals surface area (Å²) in [7, 11) is 6.04. The summed E-state index contributed by atoms with van der Waals surface area (Å²) in [6, 6.07) is 0. The molecule has 0 unspecified atom stereocenters. The Kier molecular flexibility index (Phi) is 4.33. The van der Waals surface area contributed by atoms with Gasteiger partial charge >= 0.3 is 0 Å². The van der Waals surface area contributed by atoms with Gasteiger partial charge in [0.1, 0.15) is 0 Å². The van der Waals surface area contributed by atoms with E-state index in [0.717, 1.165) is 31.2 Å². The summed E-state index contributed by atoms with van der Waals surface area (Å²) >= 11 is 1.64. The van der Waals surface area contributed by atoms with E-state index in [2.05, 4.69) is 25.2 Å². The van der Waals surface area contributed by atoms with Crippen molar-refractivity contribution in [2.75, 3.05) is 25.5 Å². The molecule has 0 radical (unpaired) electrons. The zero-order valence-electron chi connectivity index (χ0n) is 11.1. The fourth-order valence-corrected chi connectivity index (χ4v) is 2.40. The molecule has 5 nitrogen and oxygen atoms in total. The van der Waals surface area contributed by atoms with Crippen molar-refractivity contribution in [2.24, 2.45) is 7.05 Å². The molecule has 2 aromatic rings. The Morgan fingerprint density at radius 2 is 2.22 bits per heavy atom. The molecule has 2 rings (SSSR count). The normalized spacial score (nSPS) is 10.8. The van der Waals surface area contributed by atoms with Crippen molar-refractivity contribution in [2.45, 2.75) is 13.0 Å². The first-order chi connectivity index (χ1) is 8.68. The summed E-state index contributed by atoms with van der Waals surface area (Å²) in [5.74, 6) is 0.978. The van der Waals surface area contributed by atoms with E-state index in [1.165, 1.54) is 5.69 Å². The van der Waals surface area contributed by atoms with Crippen LogP contribution in [0.25, 0.3) is 0 Å². The van der Waals surface area contributed by atoms with Gasteiger partial charge < -0.3 is 14.8 Å². The Balaban J connectivity index is 1.80.